The summed E-state index contributed by atoms with van der Waals surface area (Å²) in [5.74, 6) is 1.52. The van der Waals surface area contributed by atoms with Crippen LogP contribution in [0.15, 0.2) is 6.33 Å². The van der Waals surface area contributed by atoms with Gasteiger partial charge in [0.2, 0.25) is 5.88 Å². The highest BCUT2D eigenvalue weighted by atomic mass is 16.5. The Hall–Kier alpha value is -1.52. The summed E-state index contributed by atoms with van der Waals surface area (Å²) in [7, 11) is 1.64. The average Bonchev–Trinajstić information content (AvgIpc) is 2.58. The zero-order valence-electron chi connectivity index (χ0n) is 10.8. The van der Waals surface area contributed by atoms with Crippen LogP contribution >= 0.6 is 0 Å². The second-order valence-electron chi connectivity index (χ2n) is 5.25. The predicted octanol–water partition coefficient (Wildman–Crippen LogP) is 2.42. The van der Waals surface area contributed by atoms with Gasteiger partial charge in [-0.1, -0.05) is 19.3 Å². The third-order valence-corrected chi connectivity index (χ3v) is 4.11. The third-order valence-electron chi connectivity index (χ3n) is 4.11. The van der Waals surface area contributed by atoms with Crippen LogP contribution in [-0.4, -0.2) is 29.2 Å². The fourth-order valence-corrected chi connectivity index (χ4v) is 3.12. The van der Waals surface area contributed by atoms with Crippen molar-refractivity contribution in [3.8, 4) is 5.88 Å². The van der Waals surface area contributed by atoms with E-state index in [1.165, 1.54) is 32.1 Å². The van der Waals surface area contributed by atoms with Crippen LogP contribution in [0.25, 0.3) is 0 Å². The van der Waals surface area contributed by atoms with Crippen molar-refractivity contribution < 1.29 is 4.74 Å². The van der Waals surface area contributed by atoms with E-state index in [1.807, 2.05) is 0 Å². The van der Waals surface area contributed by atoms with E-state index >= 15 is 0 Å². The van der Waals surface area contributed by atoms with Crippen molar-refractivity contribution in [2.45, 2.75) is 44.1 Å². The zero-order valence-corrected chi connectivity index (χ0v) is 10.8. The summed E-state index contributed by atoms with van der Waals surface area (Å²) >= 11 is 0. The van der Waals surface area contributed by atoms with Gasteiger partial charge in [-0.2, -0.15) is 4.98 Å². The molecule has 0 bridgehead atoms. The first-order valence-corrected chi connectivity index (χ1v) is 6.74. The Morgan fingerprint density at radius 1 is 1.17 bits per heavy atom. The second kappa shape index (κ2) is 4.63. The Bertz CT molecular complexity index is 429. The van der Waals surface area contributed by atoms with Gasteiger partial charge in [0.25, 0.3) is 0 Å². The van der Waals surface area contributed by atoms with Gasteiger partial charge in [-0.15, -0.1) is 0 Å². The predicted molar refractivity (Wildman–Crippen MR) is 71.1 cm³/mol. The number of fused-ring (bicyclic) bond motifs is 1. The van der Waals surface area contributed by atoms with Crippen LogP contribution in [0.4, 0.5) is 11.5 Å². The number of rotatable bonds is 1. The maximum absolute atomic E-state index is 5.29. The lowest BCUT2D eigenvalue weighted by molar-refractivity contribution is 0.312. The molecule has 5 heteroatoms. The van der Waals surface area contributed by atoms with E-state index in [2.05, 4.69) is 20.6 Å². The largest absolute Gasteiger partial charge is 0.479 e. The van der Waals surface area contributed by atoms with E-state index in [1.54, 1.807) is 13.4 Å². The summed E-state index contributed by atoms with van der Waals surface area (Å²) in [5, 5.41) is 7.06. The number of hydrogen-bond donors (Lipinski definition) is 2. The van der Waals surface area contributed by atoms with Crippen LogP contribution in [0.2, 0.25) is 0 Å². The van der Waals surface area contributed by atoms with Crippen LogP contribution in [0.3, 0.4) is 0 Å². The monoisotopic (exact) mass is 248 g/mol. The highest BCUT2D eigenvalue weighted by molar-refractivity contribution is 5.71. The Morgan fingerprint density at radius 2 is 2.00 bits per heavy atom. The zero-order chi connectivity index (χ0) is 12.4. The van der Waals surface area contributed by atoms with Crippen molar-refractivity contribution in [3.63, 3.8) is 0 Å². The minimum Gasteiger partial charge on any atom is -0.479 e. The van der Waals surface area contributed by atoms with Gasteiger partial charge < -0.3 is 15.4 Å². The molecule has 18 heavy (non-hydrogen) atoms. The van der Waals surface area contributed by atoms with Gasteiger partial charge in [0, 0.05) is 12.1 Å². The molecule has 0 aromatic carbocycles. The normalized spacial score (nSPS) is 21.4. The SMILES string of the molecule is COc1ncnc2c1NCCC1(CCCCC1)N2. The van der Waals surface area contributed by atoms with Crippen molar-refractivity contribution in [1.29, 1.82) is 0 Å². The molecule has 2 heterocycles. The standard InChI is InChI=1S/C13H20N4O/c1-18-12-10-11(15-9-16-12)17-13(7-8-14-10)5-3-2-4-6-13/h9,14H,2-8H2,1H3,(H,15,16,17). The Labute approximate surface area is 107 Å². The van der Waals surface area contributed by atoms with E-state index in [9.17, 15) is 0 Å². The quantitative estimate of drug-likeness (QED) is 0.799. The highest BCUT2D eigenvalue weighted by Gasteiger charge is 2.34. The van der Waals surface area contributed by atoms with Crippen LogP contribution < -0.4 is 15.4 Å². The molecule has 1 aromatic heterocycles. The Kier molecular flexibility index (Phi) is 2.97. The molecule has 2 aliphatic rings. The third kappa shape index (κ3) is 1.98. The Balaban J connectivity index is 1.93. The molecule has 98 valence electrons. The molecular weight excluding hydrogens is 228 g/mol. The fraction of sp³-hybridized carbons (Fsp3) is 0.692. The molecule has 1 aliphatic heterocycles. The first kappa shape index (κ1) is 11.6. The summed E-state index contributed by atoms with van der Waals surface area (Å²) in [5.41, 5.74) is 1.12. The van der Waals surface area contributed by atoms with Gasteiger partial charge in [0.1, 0.15) is 12.0 Å². The molecule has 0 radical (unpaired) electrons. The summed E-state index contributed by atoms with van der Waals surface area (Å²) < 4.78 is 5.29. The van der Waals surface area contributed by atoms with Crippen molar-refractivity contribution in [1.82, 2.24) is 9.97 Å². The fourth-order valence-electron chi connectivity index (χ4n) is 3.12. The number of anilines is 2. The molecule has 5 nitrogen and oxygen atoms in total. The van der Waals surface area contributed by atoms with Crippen molar-refractivity contribution in [2.24, 2.45) is 0 Å². The molecule has 1 aromatic rings. The molecule has 0 saturated heterocycles. The molecule has 3 rings (SSSR count). The molecule has 1 spiro atoms. The van der Waals surface area contributed by atoms with Crippen LogP contribution in [-0.2, 0) is 0 Å². The van der Waals surface area contributed by atoms with E-state index in [0.29, 0.717) is 5.88 Å². The average molecular weight is 248 g/mol. The van der Waals surface area contributed by atoms with Gasteiger partial charge in [-0.25, -0.2) is 4.98 Å². The lowest BCUT2D eigenvalue weighted by atomic mass is 9.79. The van der Waals surface area contributed by atoms with Gasteiger partial charge in [0.15, 0.2) is 5.82 Å². The van der Waals surface area contributed by atoms with Gasteiger partial charge >= 0.3 is 0 Å². The number of nitrogens with zero attached hydrogens (tertiary/aromatic N) is 2. The molecule has 1 fully saturated rings. The van der Waals surface area contributed by atoms with Crippen molar-refractivity contribution >= 4 is 11.5 Å². The van der Waals surface area contributed by atoms with Crippen LogP contribution in [0.5, 0.6) is 5.88 Å². The number of methoxy groups -OCH3 is 1. The van der Waals surface area contributed by atoms with Gasteiger partial charge in [-0.05, 0) is 19.3 Å². The number of ether oxygens (including phenoxy) is 1. The molecule has 1 saturated carbocycles. The van der Waals surface area contributed by atoms with Gasteiger partial charge in [-0.3, -0.25) is 0 Å². The maximum Gasteiger partial charge on any atom is 0.242 e. The molecule has 1 aliphatic carbocycles. The lowest BCUT2D eigenvalue weighted by Crippen LogP contribution is -2.40. The summed E-state index contributed by atoms with van der Waals surface area (Å²) in [6.07, 6.45) is 9.15. The molecule has 0 amide bonds. The topological polar surface area (TPSA) is 59.1 Å². The van der Waals surface area contributed by atoms with Gasteiger partial charge in [0.05, 0.1) is 7.11 Å². The number of hydrogen-bond acceptors (Lipinski definition) is 5. The van der Waals surface area contributed by atoms with Crippen LogP contribution in [0.1, 0.15) is 38.5 Å². The van der Waals surface area contributed by atoms with E-state index in [-0.39, 0.29) is 5.54 Å². The molecular formula is C13H20N4O. The van der Waals surface area contributed by atoms with Crippen molar-refractivity contribution in [2.75, 3.05) is 24.3 Å². The molecule has 0 atom stereocenters. The minimum atomic E-state index is 0.218. The number of aromatic nitrogens is 2. The van der Waals surface area contributed by atoms with E-state index in [0.717, 1.165) is 24.5 Å². The summed E-state index contributed by atoms with van der Waals surface area (Å²) in [6, 6.07) is 0. The molecule has 0 unspecified atom stereocenters. The smallest absolute Gasteiger partial charge is 0.242 e. The maximum atomic E-state index is 5.29. The summed E-state index contributed by atoms with van der Waals surface area (Å²) in [4.78, 5) is 8.52. The van der Waals surface area contributed by atoms with Crippen molar-refractivity contribution in [3.05, 3.63) is 6.33 Å². The first-order chi connectivity index (χ1) is 8.83. The lowest BCUT2D eigenvalue weighted by Gasteiger charge is -2.37. The second-order valence-corrected chi connectivity index (χ2v) is 5.25. The number of nitrogens with one attached hydrogen (secondary N) is 2. The first-order valence-electron chi connectivity index (χ1n) is 6.74. The Morgan fingerprint density at radius 3 is 2.78 bits per heavy atom. The highest BCUT2D eigenvalue weighted by Crippen LogP contribution is 2.39. The molecule has 2 N–H and O–H groups in total. The summed E-state index contributed by atoms with van der Waals surface area (Å²) in [6.45, 7) is 0.948. The van der Waals surface area contributed by atoms with E-state index in [4.69, 9.17) is 4.74 Å². The minimum absolute atomic E-state index is 0.218. The van der Waals surface area contributed by atoms with Crippen LogP contribution in [0, 0.1) is 0 Å². The van der Waals surface area contributed by atoms with E-state index < -0.39 is 0 Å².